The van der Waals surface area contributed by atoms with E-state index < -0.39 is 0 Å². The molecule has 4 heteroatoms. The summed E-state index contributed by atoms with van der Waals surface area (Å²) < 4.78 is 0. The number of thiazole rings is 1. The van der Waals surface area contributed by atoms with E-state index in [9.17, 15) is 5.11 Å². The quantitative estimate of drug-likeness (QED) is 0.792. The number of rotatable bonds is 2. The molecular weight excluding hydrogens is 232 g/mol. The standard InChI is InChI=1S/C13H16N2OS/c1-13(2,3)11-8-17-12(15-11)14-9-4-6-10(16)7-5-9/h4-8,16H,1-3H3,(H,14,15). The van der Waals surface area contributed by atoms with Gasteiger partial charge in [0.2, 0.25) is 0 Å². The fraction of sp³-hybridized carbons (Fsp3) is 0.308. The van der Waals surface area contributed by atoms with Gasteiger partial charge in [-0.2, -0.15) is 0 Å². The number of aromatic hydroxyl groups is 1. The highest BCUT2D eigenvalue weighted by Gasteiger charge is 2.17. The summed E-state index contributed by atoms with van der Waals surface area (Å²) in [5.41, 5.74) is 2.09. The number of phenolic OH excluding ortho intramolecular Hbond substituents is 1. The number of nitrogens with one attached hydrogen (secondary N) is 1. The fourth-order valence-corrected chi connectivity index (χ4v) is 2.30. The maximum absolute atomic E-state index is 9.19. The molecule has 0 atom stereocenters. The molecule has 0 fully saturated rings. The van der Waals surface area contributed by atoms with Crippen LogP contribution in [0.2, 0.25) is 0 Å². The van der Waals surface area contributed by atoms with Crippen LogP contribution in [0.5, 0.6) is 5.75 Å². The van der Waals surface area contributed by atoms with E-state index >= 15 is 0 Å². The average molecular weight is 248 g/mol. The second-order valence-electron chi connectivity index (χ2n) is 4.96. The van der Waals surface area contributed by atoms with Gasteiger partial charge in [-0.05, 0) is 24.3 Å². The van der Waals surface area contributed by atoms with Crippen molar-refractivity contribution in [3.8, 4) is 5.75 Å². The first-order valence-corrected chi connectivity index (χ1v) is 6.35. The Kier molecular flexibility index (Phi) is 3.07. The Morgan fingerprint density at radius 2 is 1.82 bits per heavy atom. The average Bonchev–Trinajstić information content (AvgIpc) is 2.69. The second kappa shape index (κ2) is 4.37. The van der Waals surface area contributed by atoms with Crippen LogP contribution in [-0.2, 0) is 5.41 Å². The summed E-state index contributed by atoms with van der Waals surface area (Å²) in [6.45, 7) is 6.44. The van der Waals surface area contributed by atoms with Gasteiger partial charge in [-0.15, -0.1) is 11.3 Å². The van der Waals surface area contributed by atoms with Crippen LogP contribution in [0.1, 0.15) is 26.5 Å². The van der Waals surface area contributed by atoms with Gasteiger partial charge in [0.1, 0.15) is 5.75 Å². The van der Waals surface area contributed by atoms with Gasteiger partial charge in [-0.3, -0.25) is 0 Å². The number of nitrogens with zero attached hydrogens (tertiary/aromatic N) is 1. The Hall–Kier alpha value is -1.55. The lowest BCUT2D eigenvalue weighted by Crippen LogP contribution is -2.11. The van der Waals surface area contributed by atoms with Crippen LogP contribution in [0.4, 0.5) is 10.8 Å². The van der Waals surface area contributed by atoms with Crippen LogP contribution >= 0.6 is 11.3 Å². The SMILES string of the molecule is CC(C)(C)c1csc(Nc2ccc(O)cc2)n1. The lowest BCUT2D eigenvalue weighted by atomic mass is 9.93. The van der Waals surface area contributed by atoms with Crippen LogP contribution in [0.25, 0.3) is 0 Å². The summed E-state index contributed by atoms with van der Waals surface area (Å²) in [6.07, 6.45) is 0. The topological polar surface area (TPSA) is 45.1 Å². The van der Waals surface area contributed by atoms with Gasteiger partial charge in [-0.1, -0.05) is 20.8 Å². The van der Waals surface area contributed by atoms with E-state index in [1.807, 2.05) is 12.1 Å². The van der Waals surface area contributed by atoms with Gasteiger partial charge in [0.25, 0.3) is 0 Å². The number of phenols is 1. The molecule has 1 aromatic heterocycles. The van der Waals surface area contributed by atoms with Crippen LogP contribution < -0.4 is 5.32 Å². The van der Waals surface area contributed by atoms with Crippen molar-refractivity contribution in [2.45, 2.75) is 26.2 Å². The molecule has 0 spiro atoms. The number of anilines is 2. The van der Waals surface area contributed by atoms with Gasteiger partial charge in [0, 0.05) is 16.5 Å². The third-order valence-corrected chi connectivity index (χ3v) is 3.15. The van der Waals surface area contributed by atoms with Gasteiger partial charge >= 0.3 is 0 Å². The van der Waals surface area contributed by atoms with E-state index in [0.717, 1.165) is 16.5 Å². The first kappa shape index (κ1) is 11.9. The van der Waals surface area contributed by atoms with E-state index in [1.54, 1.807) is 23.5 Å². The van der Waals surface area contributed by atoms with Crippen molar-refractivity contribution in [3.63, 3.8) is 0 Å². The Labute approximate surface area is 105 Å². The molecule has 0 aliphatic rings. The smallest absolute Gasteiger partial charge is 0.187 e. The van der Waals surface area contributed by atoms with Crippen LogP contribution in [0.3, 0.4) is 0 Å². The minimum absolute atomic E-state index is 0.0748. The predicted molar refractivity (Wildman–Crippen MR) is 72.2 cm³/mol. The predicted octanol–water partition coefficient (Wildman–Crippen LogP) is 3.89. The van der Waals surface area contributed by atoms with Gasteiger partial charge in [-0.25, -0.2) is 4.98 Å². The maximum atomic E-state index is 9.19. The minimum Gasteiger partial charge on any atom is -0.508 e. The zero-order chi connectivity index (χ0) is 12.5. The first-order chi connectivity index (χ1) is 7.95. The fourth-order valence-electron chi connectivity index (χ4n) is 1.34. The molecule has 0 amide bonds. The molecule has 0 bridgehead atoms. The Morgan fingerprint density at radius 1 is 1.18 bits per heavy atom. The third-order valence-electron chi connectivity index (χ3n) is 2.39. The molecule has 2 aromatic rings. The number of aromatic nitrogens is 1. The van der Waals surface area contributed by atoms with Crippen molar-refractivity contribution in [1.82, 2.24) is 4.98 Å². The highest BCUT2D eigenvalue weighted by atomic mass is 32.1. The Morgan fingerprint density at radius 3 is 2.35 bits per heavy atom. The summed E-state index contributed by atoms with van der Waals surface area (Å²) in [5, 5.41) is 15.4. The molecule has 1 heterocycles. The molecule has 0 aliphatic carbocycles. The number of hydrogen-bond donors (Lipinski definition) is 2. The van der Waals surface area contributed by atoms with Crippen molar-refractivity contribution >= 4 is 22.2 Å². The van der Waals surface area contributed by atoms with Crippen LogP contribution in [0, 0.1) is 0 Å². The molecule has 90 valence electrons. The van der Waals surface area contributed by atoms with Crippen molar-refractivity contribution in [1.29, 1.82) is 0 Å². The summed E-state index contributed by atoms with van der Waals surface area (Å²) in [6, 6.07) is 6.96. The monoisotopic (exact) mass is 248 g/mol. The van der Waals surface area contributed by atoms with E-state index in [0.29, 0.717) is 0 Å². The van der Waals surface area contributed by atoms with E-state index in [4.69, 9.17) is 0 Å². The molecule has 17 heavy (non-hydrogen) atoms. The molecule has 2 N–H and O–H groups in total. The zero-order valence-corrected chi connectivity index (χ0v) is 11.0. The van der Waals surface area contributed by atoms with E-state index in [1.165, 1.54) is 0 Å². The van der Waals surface area contributed by atoms with Crippen LogP contribution in [0.15, 0.2) is 29.6 Å². The Balaban J connectivity index is 2.14. The van der Waals surface area contributed by atoms with Crippen molar-refractivity contribution in [2.75, 3.05) is 5.32 Å². The summed E-state index contributed by atoms with van der Waals surface area (Å²) in [4.78, 5) is 4.54. The molecule has 2 rings (SSSR count). The highest BCUT2D eigenvalue weighted by Crippen LogP contribution is 2.28. The summed E-state index contributed by atoms with van der Waals surface area (Å²) in [7, 11) is 0. The molecule has 0 saturated carbocycles. The Bertz CT molecular complexity index is 497. The molecule has 0 saturated heterocycles. The first-order valence-electron chi connectivity index (χ1n) is 5.47. The molecule has 0 radical (unpaired) electrons. The number of benzene rings is 1. The molecule has 3 nitrogen and oxygen atoms in total. The minimum atomic E-state index is 0.0748. The molecule has 1 aromatic carbocycles. The summed E-state index contributed by atoms with van der Waals surface area (Å²) >= 11 is 1.59. The normalized spacial score (nSPS) is 11.5. The summed E-state index contributed by atoms with van der Waals surface area (Å²) in [5.74, 6) is 0.269. The highest BCUT2D eigenvalue weighted by molar-refractivity contribution is 7.13. The molecular formula is C13H16N2OS. The lowest BCUT2D eigenvalue weighted by molar-refractivity contribution is 0.475. The van der Waals surface area contributed by atoms with E-state index in [2.05, 4.69) is 36.5 Å². The van der Waals surface area contributed by atoms with Crippen LogP contribution in [-0.4, -0.2) is 10.1 Å². The van der Waals surface area contributed by atoms with Crippen molar-refractivity contribution < 1.29 is 5.11 Å². The largest absolute Gasteiger partial charge is 0.508 e. The molecule has 0 aliphatic heterocycles. The van der Waals surface area contributed by atoms with E-state index in [-0.39, 0.29) is 11.2 Å². The maximum Gasteiger partial charge on any atom is 0.187 e. The van der Waals surface area contributed by atoms with Gasteiger partial charge in [0.15, 0.2) is 5.13 Å². The van der Waals surface area contributed by atoms with Gasteiger partial charge < -0.3 is 10.4 Å². The van der Waals surface area contributed by atoms with Crippen molar-refractivity contribution in [2.24, 2.45) is 0 Å². The molecule has 0 unspecified atom stereocenters. The van der Waals surface area contributed by atoms with Crippen molar-refractivity contribution in [3.05, 3.63) is 35.3 Å². The third kappa shape index (κ3) is 2.97. The second-order valence-corrected chi connectivity index (χ2v) is 5.82. The lowest BCUT2D eigenvalue weighted by Gasteiger charge is -2.14. The zero-order valence-electron chi connectivity index (χ0n) is 10.2. The van der Waals surface area contributed by atoms with Gasteiger partial charge in [0.05, 0.1) is 5.69 Å². The number of hydrogen-bond acceptors (Lipinski definition) is 4.